The van der Waals surface area contributed by atoms with E-state index in [1.54, 1.807) is 18.2 Å². The van der Waals surface area contributed by atoms with E-state index in [1.807, 2.05) is 30.3 Å². The standard InChI is InChI=1S/C25H23N3O4/c1-15(21-13-17-7-3-4-10-20(17)27-21)26-14-18-8-5-9-19-23(18)25(32)28(24(19)31)22(16(2)30)11-6-12-29/h3-5,7-10,12-13,22,26-27H,1,6,11,14H2,2H3. The number of hydrogen-bond acceptors (Lipinski definition) is 5. The van der Waals surface area contributed by atoms with Gasteiger partial charge in [0, 0.05) is 23.9 Å². The topological polar surface area (TPSA) is 99.3 Å². The quantitative estimate of drug-likeness (QED) is 0.401. The number of aldehydes is 1. The Hall–Kier alpha value is -4.00. The molecule has 4 rings (SSSR count). The number of rotatable bonds is 9. The molecule has 1 aliphatic heterocycles. The Morgan fingerprint density at radius 2 is 1.94 bits per heavy atom. The molecule has 1 unspecified atom stereocenters. The number of carbonyl (C=O) groups is 4. The van der Waals surface area contributed by atoms with Gasteiger partial charge in [-0.05, 0) is 37.1 Å². The number of ketones is 1. The monoisotopic (exact) mass is 429 g/mol. The van der Waals surface area contributed by atoms with Gasteiger partial charge in [0.25, 0.3) is 11.8 Å². The van der Waals surface area contributed by atoms with Crippen molar-refractivity contribution >= 4 is 40.5 Å². The van der Waals surface area contributed by atoms with Gasteiger partial charge in [-0.15, -0.1) is 0 Å². The minimum Gasteiger partial charge on any atom is -0.380 e. The van der Waals surface area contributed by atoms with Crippen molar-refractivity contribution in [3.8, 4) is 0 Å². The van der Waals surface area contributed by atoms with Crippen molar-refractivity contribution < 1.29 is 19.2 Å². The van der Waals surface area contributed by atoms with Crippen LogP contribution in [0.5, 0.6) is 0 Å². The summed E-state index contributed by atoms with van der Waals surface area (Å²) >= 11 is 0. The summed E-state index contributed by atoms with van der Waals surface area (Å²) in [6, 6.07) is 14.0. The summed E-state index contributed by atoms with van der Waals surface area (Å²) < 4.78 is 0. The number of aromatic nitrogens is 1. The van der Waals surface area contributed by atoms with Crippen LogP contribution >= 0.6 is 0 Å². The summed E-state index contributed by atoms with van der Waals surface area (Å²) in [5, 5.41) is 4.28. The normalized spacial score (nSPS) is 13.8. The van der Waals surface area contributed by atoms with Crippen molar-refractivity contribution in [2.75, 3.05) is 0 Å². The fourth-order valence-corrected chi connectivity index (χ4v) is 4.08. The molecular weight excluding hydrogens is 406 g/mol. The minimum atomic E-state index is -0.949. The molecule has 0 aliphatic carbocycles. The van der Waals surface area contributed by atoms with E-state index in [0.717, 1.165) is 21.5 Å². The van der Waals surface area contributed by atoms with Crippen LogP contribution in [0.3, 0.4) is 0 Å². The molecular formula is C25H23N3O4. The van der Waals surface area contributed by atoms with Crippen LogP contribution in [0.1, 0.15) is 51.7 Å². The molecule has 0 spiro atoms. The van der Waals surface area contributed by atoms with Gasteiger partial charge in [-0.25, -0.2) is 0 Å². The van der Waals surface area contributed by atoms with Gasteiger partial charge in [-0.3, -0.25) is 19.3 Å². The first-order valence-corrected chi connectivity index (χ1v) is 10.4. The first-order chi connectivity index (χ1) is 15.4. The van der Waals surface area contributed by atoms with E-state index in [9.17, 15) is 19.2 Å². The Labute approximate surface area is 185 Å². The van der Waals surface area contributed by atoms with Crippen LogP contribution in [0.25, 0.3) is 16.6 Å². The molecule has 0 saturated heterocycles. The van der Waals surface area contributed by atoms with Gasteiger partial charge in [-0.1, -0.05) is 36.9 Å². The molecule has 2 heterocycles. The van der Waals surface area contributed by atoms with Gasteiger partial charge in [-0.2, -0.15) is 0 Å². The largest absolute Gasteiger partial charge is 0.380 e. The third-order valence-electron chi connectivity index (χ3n) is 5.72. The fraction of sp³-hybridized carbons (Fsp3) is 0.200. The molecule has 0 radical (unpaired) electrons. The van der Waals surface area contributed by atoms with Crippen molar-refractivity contribution in [2.24, 2.45) is 0 Å². The molecule has 1 atom stereocenters. The second-order valence-electron chi connectivity index (χ2n) is 7.79. The van der Waals surface area contributed by atoms with E-state index in [4.69, 9.17) is 0 Å². The number of amides is 2. The van der Waals surface area contributed by atoms with Crippen molar-refractivity contribution in [3.63, 3.8) is 0 Å². The smallest absolute Gasteiger partial charge is 0.262 e. The molecule has 0 saturated carbocycles. The predicted octanol–water partition coefficient (Wildman–Crippen LogP) is 3.46. The highest BCUT2D eigenvalue weighted by Gasteiger charge is 2.42. The van der Waals surface area contributed by atoms with Gasteiger partial charge >= 0.3 is 0 Å². The van der Waals surface area contributed by atoms with E-state index in [1.165, 1.54) is 6.92 Å². The van der Waals surface area contributed by atoms with Crippen LogP contribution in [0.2, 0.25) is 0 Å². The Morgan fingerprint density at radius 3 is 2.66 bits per heavy atom. The van der Waals surface area contributed by atoms with Crippen LogP contribution in [-0.2, 0) is 16.1 Å². The maximum Gasteiger partial charge on any atom is 0.262 e. The minimum absolute atomic E-state index is 0.0936. The van der Waals surface area contributed by atoms with Gasteiger partial charge in [0.2, 0.25) is 0 Å². The summed E-state index contributed by atoms with van der Waals surface area (Å²) in [7, 11) is 0. The van der Waals surface area contributed by atoms with Gasteiger partial charge in [0.15, 0.2) is 5.78 Å². The number of fused-ring (bicyclic) bond motifs is 2. The second-order valence-corrected chi connectivity index (χ2v) is 7.79. The summed E-state index contributed by atoms with van der Waals surface area (Å²) in [4.78, 5) is 53.3. The van der Waals surface area contributed by atoms with Gasteiger partial charge in [0.05, 0.1) is 28.6 Å². The van der Waals surface area contributed by atoms with Crippen LogP contribution in [0.4, 0.5) is 0 Å². The highest BCUT2D eigenvalue weighted by molar-refractivity contribution is 6.23. The lowest BCUT2D eigenvalue weighted by molar-refractivity contribution is -0.121. The third-order valence-corrected chi connectivity index (χ3v) is 5.72. The summed E-state index contributed by atoms with van der Waals surface area (Å²) in [6.45, 7) is 5.69. The van der Waals surface area contributed by atoms with E-state index < -0.39 is 17.9 Å². The number of para-hydroxylation sites is 1. The number of H-pyrrole nitrogens is 1. The van der Waals surface area contributed by atoms with Crippen LogP contribution < -0.4 is 5.32 Å². The van der Waals surface area contributed by atoms with E-state index in [-0.39, 0.29) is 36.3 Å². The van der Waals surface area contributed by atoms with E-state index in [2.05, 4.69) is 16.9 Å². The van der Waals surface area contributed by atoms with Crippen LogP contribution in [-0.4, -0.2) is 39.8 Å². The Balaban J connectivity index is 1.56. The average molecular weight is 429 g/mol. The van der Waals surface area contributed by atoms with Crippen LogP contribution in [0, 0.1) is 0 Å². The highest BCUT2D eigenvalue weighted by Crippen LogP contribution is 2.29. The number of imide groups is 1. The van der Waals surface area contributed by atoms with Crippen molar-refractivity contribution in [2.45, 2.75) is 32.4 Å². The summed E-state index contributed by atoms with van der Waals surface area (Å²) in [5.41, 5.74) is 3.66. The molecule has 0 bridgehead atoms. The maximum atomic E-state index is 13.2. The van der Waals surface area contributed by atoms with Crippen molar-refractivity contribution in [1.82, 2.24) is 15.2 Å². The van der Waals surface area contributed by atoms with Crippen molar-refractivity contribution in [1.29, 1.82) is 0 Å². The Morgan fingerprint density at radius 1 is 1.16 bits per heavy atom. The molecule has 1 aromatic heterocycles. The summed E-state index contributed by atoms with van der Waals surface area (Å²) in [5.74, 6) is -1.34. The number of aromatic amines is 1. The predicted molar refractivity (Wildman–Crippen MR) is 121 cm³/mol. The first-order valence-electron chi connectivity index (χ1n) is 10.4. The number of hydrogen-bond donors (Lipinski definition) is 2. The van der Waals surface area contributed by atoms with Crippen LogP contribution in [0.15, 0.2) is 55.1 Å². The molecule has 1 aliphatic rings. The highest BCUT2D eigenvalue weighted by atomic mass is 16.2. The van der Waals surface area contributed by atoms with E-state index >= 15 is 0 Å². The molecule has 2 N–H and O–H groups in total. The maximum absolute atomic E-state index is 13.2. The molecule has 32 heavy (non-hydrogen) atoms. The fourth-order valence-electron chi connectivity index (χ4n) is 4.08. The average Bonchev–Trinajstić information content (AvgIpc) is 3.33. The molecule has 2 aromatic carbocycles. The zero-order valence-electron chi connectivity index (χ0n) is 17.7. The van der Waals surface area contributed by atoms with Gasteiger partial charge < -0.3 is 15.1 Å². The Bertz CT molecular complexity index is 1220. The lowest BCUT2D eigenvalue weighted by Gasteiger charge is -2.23. The lowest BCUT2D eigenvalue weighted by Crippen LogP contribution is -2.44. The summed E-state index contributed by atoms with van der Waals surface area (Å²) in [6.07, 6.45) is 0.893. The molecule has 0 fully saturated rings. The van der Waals surface area contributed by atoms with Gasteiger partial charge in [0.1, 0.15) is 6.29 Å². The number of nitrogens with one attached hydrogen (secondary N) is 2. The number of benzene rings is 2. The zero-order chi connectivity index (χ0) is 22.8. The van der Waals surface area contributed by atoms with Crippen molar-refractivity contribution in [3.05, 3.63) is 77.5 Å². The number of nitrogens with zero attached hydrogens (tertiary/aromatic N) is 1. The Kier molecular flexibility index (Phi) is 5.73. The molecule has 7 heteroatoms. The lowest BCUT2D eigenvalue weighted by atomic mass is 10.0. The second kappa shape index (κ2) is 8.63. The molecule has 3 aromatic rings. The third kappa shape index (κ3) is 3.73. The van der Waals surface area contributed by atoms with E-state index in [0.29, 0.717) is 17.5 Å². The zero-order valence-corrected chi connectivity index (χ0v) is 17.7. The number of carbonyl (C=O) groups excluding carboxylic acids is 4. The molecule has 162 valence electrons. The first kappa shape index (κ1) is 21.2. The number of Topliss-reactive ketones (excluding diaryl/α,β-unsaturated/α-hetero) is 1. The molecule has 2 amide bonds. The molecule has 7 nitrogen and oxygen atoms in total. The SMILES string of the molecule is C=C(NCc1cccc2c1C(=O)N(C(CCC=O)C(C)=O)C2=O)c1cc2ccccc2[nH]1.